The normalized spacial score (nSPS) is 11.9. The highest BCUT2D eigenvalue weighted by Crippen LogP contribution is 2.19. The van der Waals surface area contributed by atoms with Gasteiger partial charge in [0.25, 0.3) is 5.91 Å². The van der Waals surface area contributed by atoms with E-state index in [1.807, 2.05) is 37.3 Å². The number of hydrogen-bond donors (Lipinski definition) is 1. The van der Waals surface area contributed by atoms with Crippen LogP contribution in [0.25, 0.3) is 6.08 Å². The Morgan fingerprint density at radius 3 is 2.36 bits per heavy atom. The van der Waals surface area contributed by atoms with Gasteiger partial charge in [-0.2, -0.15) is 0 Å². The summed E-state index contributed by atoms with van der Waals surface area (Å²) in [5, 5.41) is 0. The number of carbonyl (C=O) groups excluding carboxylic acids is 2. The summed E-state index contributed by atoms with van der Waals surface area (Å²) in [6.45, 7) is 1.84. The van der Waals surface area contributed by atoms with Gasteiger partial charge in [0.05, 0.1) is 6.04 Å². The lowest BCUT2D eigenvalue weighted by atomic mass is 10.1. The number of likely N-dealkylation sites (N-methyl/N-ethyl adjacent to an activating group) is 1. The maximum absolute atomic E-state index is 12.3. The SMILES string of the molecule is C[C@H](c1ccccc1)N(C)C(=O)/C=C\c1ccc(OCC(N)=O)cc1. The Bertz CT molecular complexity index is 739. The van der Waals surface area contributed by atoms with Crippen molar-refractivity contribution < 1.29 is 14.3 Å². The van der Waals surface area contributed by atoms with E-state index in [-0.39, 0.29) is 18.6 Å². The summed E-state index contributed by atoms with van der Waals surface area (Å²) in [7, 11) is 1.78. The number of amides is 2. The minimum absolute atomic E-state index is 0.0112. The molecule has 0 aliphatic carbocycles. The Balaban J connectivity index is 1.96. The average molecular weight is 338 g/mol. The van der Waals surface area contributed by atoms with Crippen molar-refractivity contribution in [3.63, 3.8) is 0 Å². The van der Waals surface area contributed by atoms with Gasteiger partial charge in [-0.25, -0.2) is 0 Å². The van der Waals surface area contributed by atoms with Gasteiger partial charge in [0.1, 0.15) is 5.75 Å². The molecule has 5 nitrogen and oxygen atoms in total. The summed E-state index contributed by atoms with van der Waals surface area (Å²) in [5.74, 6) is -0.0485. The number of benzene rings is 2. The van der Waals surface area contributed by atoms with Gasteiger partial charge in [0.2, 0.25) is 5.91 Å². The maximum atomic E-state index is 12.3. The van der Waals surface area contributed by atoms with E-state index in [0.29, 0.717) is 5.75 Å². The first kappa shape index (κ1) is 18.3. The zero-order valence-electron chi connectivity index (χ0n) is 14.4. The van der Waals surface area contributed by atoms with E-state index >= 15 is 0 Å². The molecular formula is C20H22N2O3. The summed E-state index contributed by atoms with van der Waals surface area (Å²) in [6, 6.07) is 16.9. The minimum atomic E-state index is -0.523. The Kier molecular flexibility index (Phi) is 6.34. The number of nitrogens with two attached hydrogens (primary N) is 1. The zero-order valence-corrected chi connectivity index (χ0v) is 14.4. The van der Waals surface area contributed by atoms with Crippen LogP contribution < -0.4 is 10.5 Å². The highest BCUT2D eigenvalue weighted by Gasteiger charge is 2.14. The summed E-state index contributed by atoms with van der Waals surface area (Å²) in [4.78, 5) is 24.7. The summed E-state index contributed by atoms with van der Waals surface area (Å²) < 4.78 is 5.19. The molecule has 0 aliphatic rings. The van der Waals surface area contributed by atoms with Crippen molar-refractivity contribution >= 4 is 17.9 Å². The molecule has 0 heterocycles. The van der Waals surface area contributed by atoms with Crippen molar-refractivity contribution in [2.75, 3.05) is 13.7 Å². The van der Waals surface area contributed by atoms with Gasteiger partial charge >= 0.3 is 0 Å². The van der Waals surface area contributed by atoms with E-state index in [2.05, 4.69) is 0 Å². The van der Waals surface area contributed by atoms with Gasteiger partial charge in [0, 0.05) is 13.1 Å². The fraction of sp³-hybridized carbons (Fsp3) is 0.200. The Labute approximate surface area is 147 Å². The lowest BCUT2D eigenvalue weighted by Gasteiger charge is -2.24. The molecule has 2 aromatic rings. The molecule has 25 heavy (non-hydrogen) atoms. The molecule has 5 heteroatoms. The largest absolute Gasteiger partial charge is 0.484 e. The van der Waals surface area contributed by atoms with Gasteiger partial charge in [0.15, 0.2) is 6.61 Å². The van der Waals surface area contributed by atoms with Gasteiger partial charge < -0.3 is 15.4 Å². The van der Waals surface area contributed by atoms with E-state index in [1.54, 1.807) is 48.4 Å². The number of carbonyl (C=O) groups is 2. The average Bonchev–Trinajstić information content (AvgIpc) is 2.64. The number of hydrogen-bond acceptors (Lipinski definition) is 3. The molecule has 0 saturated carbocycles. The van der Waals surface area contributed by atoms with Crippen LogP contribution in [-0.2, 0) is 9.59 Å². The molecule has 2 rings (SSSR count). The van der Waals surface area contributed by atoms with E-state index < -0.39 is 5.91 Å². The van der Waals surface area contributed by atoms with Crippen molar-refractivity contribution in [3.05, 3.63) is 71.8 Å². The highest BCUT2D eigenvalue weighted by atomic mass is 16.5. The molecule has 2 N–H and O–H groups in total. The molecule has 0 aliphatic heterocycles. The van der Waals surface area contributed by atoms with E-state index in [0.717, 1.165) is 11.1 Å². The first-order valence-corrected chi connectivity index (χ1v) is 7.98. The van der Waals surface area contributed by atoms with Crippen molar-refractivity contribution in [1.82, 2.24) is 4.90 Å². The molecule has 2 amide bonds. The fourth-order valence-corrected chi connectivity index (χ4v) is 2.26. The van der Waals surface area contributed by atoms with Gasteiger partial charge in [-0.15, -0.1) is 0 Å². The van der Waals surface area contributed by atoms with E-state index in [4.69, 9.17) is 10.5 Å². The summed E-state index contributed by atoms with van der Waals surface area (Å²) in [5.41, 5.74) is 6.98. The van der Waals surface area contributed by atoms with Gasteiger partial charge in [-0.3, -0.25) is 9.59 Å². The lowest BCUT2D eigenvalue weighted by molar-refractivity contribution is -0.126. The smallest absolute Gasteiger partial charge is 0.255 e. The standard InChI is InChI=1S/C20H22N2O3/c1-15(17-6-4-3-5-7-17)22(2)20(24)13-10-16-8-11-18(12-9-16)25-14-19(21)23/h3-13,15H,14H2,1-2H3,(H2,21,23)/b13-10-/t15-/m1/s1. The van der Waals surface area contributed by atoms with Crippen LogP contribution in [0.4, 0.5) is 0 Å². The van der Waals surface area contributed by atoms with Crippen molar-refractivity contribution in [2.45, 2.75) is 13.0 Å². The molecule has 0 radical (unpaired) electrons. The van der Waals surface area contributed by atoms with Crippen LogP contribution >= 0.6 is 0 Å². The Morgan fingerprint density at radius 2 is 1.76 bits per heavy atom. The van der Waals surface area contributed by atoms with Gasteiger partial charge in [-0.05, 0) is 36.3 Å². The second-order valence-electron chi connectivity index (χ2n) is 5.69. The van der Waals surface area contributed by atoms with E-state index in [1.165, 1.54) is 0 Å². The maximum Gasteiger partial charge on any atom is 0.255 e. The lowest BCUT2D eigenvalue weighted by Crippen LogP contribution is -2.27. The predicted molar refractivity (Wildman–Crippen MR) is 97.8 cm³/mol. The van der Waals surface area contributed by atoms with Crippen LogP contribution in [0.5, 0.6) is 5.75 Å². The highest BCUT2D eigenvalue weighted by molar-refractivity contribution is 5.91. The van der Waals surface area contributed by atoms with Crippen LogP contribution in [-0.4, -0.2) is 30.4 Å². The monoisotopic (exact) mass is 338 g/mol. The minimum Gasteiger partial charge on any atom is -0.484 e. The molecule has 0 bridgehead atoms. The predicted octanol–water partition coefficient (Wildman–Crippen LogP) is 2.78. The van der Waals surface area contributed by atoms with Gasteiger partial charge in [-0.1, -0.05) is 42.5 Å². The number of primary amides is 1. The van der Waals surface area contributed by atoms with Crippen LogP contribution in [0.15, 0.2) is 60.7 Å². The van der Waals surface area contributed by atoms with Crippen molar-refractivity contribution in [1.29, 1.82) is 0 Å². The van der Waals surface area contributed by atoms with Crippen LogP contribution in [0.1, 0.15) is 24.1 Å². The first-order valence-electron chi connectivity index (χ1n) is 7.98. The fourth-order valence-electron chi connectivity index (χ4n) is 2.26. The molecule has 0 saturated heterocycles. The third-order valence-electron chi connectivity index (χ3n) is 3.89. The van der Waals surface area contributed by atoms with Crippen LogP contribution in [0, 0.1) is 0 Å². The second kappa shape index (κ2) is 8.68. The first-order chi connectivity index (χ1) is 12.0. The molecular weight excluding hydrogens is 316 g/mol. The summed E-state index contributed by atoms with van der Waals surface area (Å²) >= 11 is 0. The molecule has 0 aromatic heterocycles. The molecule has 130 valence electrons. The molecule has 1 atom stereocenters. The van der Waals surface area contributed by atoms with E-state index in [9.17, 15) is 9.59 Å². The quantitative estimate of drug-likeness (QED) is 0.789. The number of ether oxygens (including phenoxy) is 1. The molecule has 0 fully saturated rings. The van der Waals surface area contributed by atoms with Crippen molar-refractivity contribution in [2.24, 2.45) is 5.73 Å². The number of nitrogens with zero attached hydrogens (tertiary/aromatic N) is 1. The Hall–Kier alpha value is -3.08. The van der Waals surface area contributed by atoms with Crippen LogP contribution in [0.3, 0.4) is 0 Å². The Morgan fingerprint density at radius 1 is 1.12 bits per heavy atom. The second-order valence-corrected chi connectivity index (χ2v) is 5.69. The number of rotatable bonds is 7. The van der Waals surface area contributed by atoms with Crippen LogP contribution in [0.2, 0.25) is 0 Å². The topological polar surface area (TPSA) is 72.6 Å². The summed E-state index contributed by atoms with van der Waals surface area (Å²) in [6.07, 6.45) is 3.28. The van der Waals surface area contributed by atoms with Crippen molar-refractivity contribution in [3.8, 4) is 5.75 Å². The molecule has 2 aromatic carbocycles. The zero-order chi connectivity index (χ0) is 18.2. The third kappa shape index (κ3) is 5.49. The molecule has 0 unspecified atom stereocenters. The third-order valence-corrected chi connectivity index (χ3v) is 3.89. The molecule has 0 spiro atoms.